The third kappa shape index (κ3) is 8.29. The molecule has 1 amide bonds. The Morgan fingerprint density at radius 2 is 1.78 bits per heavy atom. The fraction of sp³-hybridized carbons (Fsp3) is 0.343. The van der Waals surface area contributed by atoms with Crippen molar-refractivity contribution in [2.45, 2.75) is 33.6 Å². The van der Waals surface area contributed by atoms with Crippen LogP contribution in [0.1, 0.15) is 40.4 Å². The Kier molecular flexibility index (Phi) is 11.0. The number of para-hydroxylation sites is 1. The molecular weight excluding hydrogens is 587 g/mol. The summed E-state index contributed by atoms with van der Waals surface area (Å²) in [5, 5.41) is 9.31. The van der Waals surface area contributed by atoms with Crippen molar-refractivity contribution in [2.24, 2.45) is 0 Å². The predicted octanol–water partition coefficient (Wildman–Crippen LogP) is 6.27. The van der Waals surface area contributed by atoms with Crippen LogP contribution in [0.3, 0.4) is 0 Å². The van der Waals surface area contributed by atoms with Gasteiger partial charge in [0.15, 0.2) is 23.1 Å². The van der Waals surface area contributed by atoms with Gasteiger partial charge in [0.2, 0.25) is 11.8 Å². The van der Waals surface area contributed by atoms with Gasteiger partial charge in [0.1, 0.15) is 12.2 Å². The highest BCUT2D eigenvalue weighted by Gasteiger charge is 2.21. The number of carbonyl (C=O) groups excluding carboxylic acids is 1. The second-order valence-corrected chi connectivity index (χ2v) is 11.2. The normalized spacial score (nSPS) is 13.2. The monoisotopic (exact) mass is 628 g/mol. The number of carbonyl (C=O) groups is 1. The number of hydrogen-bond acceptors (Lipinski definition) is 9. The molecule has 1 aliphatic heterocycles. The Morgan fingerprint density at radius 3 is 2.50 bits per heavy atom. The molecule has 1 aromatic heterocycles. The van der Waals surface area contributed by atoms with Crippen molar-refractivity contribution < 1.29 is 23.4 Å². The van der Waals surface area contributed by atoms with Crippen LogP contribution in [0.5, 0.6) is 23.1 Å². The van der Waals surface area contributed by atoms with Gasteiger partial charge in [0, 0.05) is 56.4 Å². The minimum Gasteiger partial charge on any atom is -0.493 e. The molecule has 3 aromatic carbocycles. The zero-order valence-electron chi connectivity index (χ0n) is 26.8. The van der Waals surface area contributed by atoms with Crippen molar-refractivity contribution in [3.63, 3.8) is 0 Å². The Labute approximate surface area is 269 Å². The molecule has 0 atom stereocenters. The SMILES string of the molecule is CCCc1ccc(Oc2nc(Nc3ccc(OCCN4CCNCC4)c(F)c3)ncc2C(=O)Nc2c(C)cccc2C)c(OC)c1. The third-order valence-corrected chi connectivity index (χ3v) is 7.75. The summed E-state index contributed by atoms with van der Waals surface area (Å²) in [4.78, 5) is 24.7. The minimum absolute atomic E-state index is 0.0103. The van der Waals surface area contributed by atoms with Gasteiger partial charge in [-0.1, -0.05) is 37.6 Å². The van der Waals surface area contributed by atoms with Gasteiger partial charge in [-0.25, -0.2) is 9.37 Å². The van der Waals surface area contributed by atoms with Crippen molar-refractivity contribution >= 4 is 23.2 Å². The van der Waals surface area contributed by atoms with Crippen LogP contribution in [0.4, 0.5) is 21.7 Å². The van der Waals surface area contributed by atoms with Crippen LogP contribution in [0, 0.1) is 19.7 Å². The summed E-state index contributed by atoms with van der Waals surface area (Å²) in [7, 11) is 1.56. The van der Waals surface area contributed by atoms with Gasteiger partial charge < -0.3 is 30.2 Å². The van der Waals surface area contributed by atoms with Gasteiger partial charge in [-0.2, -0.15) is 4.98 Å². The summed E-state index contributed by atoms with van der Waals surface area (Å²) in [6.07, 6.45) is 3.25. The highest BCUT2D eigenvalue weighted by atomic mass is 19.1. The number of methoxy groups -OCH3 is 1. The Balaban J connectivity index is 1.37. The zero-order valence-corrected chi connectivity index (χ0v) is 26.8. The molecule has 0 spiro atoms. The number of halogens is 1. The molecular formula is C35H41FN6O4. The van der Waals surface area contributed by atoms with E-state index < -0.39 is 11.7 Å². The van der Waals surface area contributed by atoms with Crippen LogP contribution in [-0.4, -0.2) is 67.2 Å². The van der Waals surface area contributed by atoms with Gasteiger partial charge in [0.05, 0.1) is 7.11 Å². The number of hydrogen-bond donors (Lipinski definition) is 3. The largest absolute Gasteiger partial charge is 0.493 e. The zero-order chi connectivity index (χ0) is 32.5. The Bertz CT molecular complexity index is 1640. The summed E-state index contributed by atoms with van der Waals surface area (Å²) in [6, 6.07) is 16.0. The molecule has 242 valence electrons. The molecule has 10 nitrogen and oxygen atoms in total. The van der Waals surface area contributed by atoms with Gasteiger partial charge in [0.25, 0.3) is 5.91 Å². The molecule has 0 radical (unpaired) electrons. The van der Waals surface area contributed by atoms with Crippen LogP contribution in [-0.2, 0) is 6.42 Å². The van der Waals surface area contributed by atoms with E-state index in [2.05, 4.69) is 37.7 Å². The Morgan fingerprint density at radius 1 is 1.02 bits per heavy atom. The Hall–Kier alpha value is -4.74. The first-order valence-corrected chi connectivity index (χ1v) is 15.6. The molecule has 46 heavy (non-hydrogen) atoms. The second kappa shape index (κ2) is 15.5. The van der Waals surface area contributed by atoms with Crippen molar-refractivity contribution in [3.8, 4) is 23.1 Å². The van der Waals surface area contributed by atoms with E-state index in [-0.39, 0.29) is 23.1 Å². The van der Waals surface area contributed by atoms with Crippen LogP contribution in [0.2, 0.25) is 0 Å². The number of benzene rings is 3. The molecule has 2 heterocycles. The highest BCUT2D eigenvalue weighted by molar-refractivity contribution is 6.06. The van der Waals surface area contributed by atoms with Crippen LogP contribution in [0.15, 0.2) is 60.8 Å². The van der Waals surface area contributed by atoms with E-state index in [1.807, 2.05) is 44.2 Å². The fourth-order valence-electron chi connectivity index (χ4n) is 5.24. The molecule has 0 unspecified atom stereocenters. The molecule has 0 bridgehead atoms. The summed E-state index contributed by atoms with van der Waals surface area (Å²) in [5.74, 6) is 0.249. The third-order valence-electron chi connectivity index (χ3n) is 7.75. The lowest BCUT2D eigenvalue weighted by Crippen LogP contribution is -2.44. The van der Waals surface area contributed by atoms with Gasteiger partial charge in [-0.3, -0.25) is 9.69 Å². The maximum atomic E-state index is 15.0. The summed E-state index contributed by atoms with van der Waals surface area (Å²) in [5.41, 5.74) is 4.17. The number of aryl methyl sites for hydroxylation is 3. The van der Waals surface area contributed by atoms with E-state index in [0.717, 1.165) is 62.3 Å². The average Bonchev–Trinajstić information content (AvgIpc) is 3.05. The topological polar surface area (TPSA) is 110 Å². The standard InChI is InChI=1S/C35H41FN6O4/c1-5-7-25-10-12-30(31(20-25)44-4)46-34-27(33(43)40-32-23(2)8-6-9-24(32)3)22-38-35(41-34)39-26-11-13-29(28(36)21-26)45-19-18-42-16-14-37-15-17-42/h6,8-13,20-22,37H,5,7,14-19H2,1-4H3,(H,40,43)(H,38,39,41). The van der Waals surface area contributed by atoms with E-state index in [1.54, 1.807) is 25.3 Å². The number of nitrogens with one attached hydrogen (secondary N) is 3. The molecule has 4 aromatic rings. The number of ether oxygens (including phenoxy) is 3. The van der Waals surface area contributed by atoms with Crippen LogP contribution < -0.4 is 30.2 Å². The van der Waals surface area contributed by atoms with Crippen molar-refractivity contribution in [1.29, 1.82) is 0 Å². The molecule has 3 N–H and O–H groups in total. The quantitative estimate of drug-likeness (QED) is 0.158. The van der Waals surface area contributed by atoms with E-state index in [9.17, 15) is 9.18 Å². The van der Waals surface area contributed by atoms with E-state index in [1.165, 1.54) is 12.3 Å². The molecule has 11 heteroatoms. The molecule has 1 fully saturated rings. The smallest absolute Gasteiger partial charge is 0.262 e. The van der Waals surface area contributed by atoms with Crippen LogP contribution >= 0.6 is 0 Å². The molecule has 5 rings (SSSR count). The number of anilines is 3. The minimum atomic E-state index is -0.511. The van der Waals surface area contributed by atoms with E-state index in [4.69, 9.17) is 14.2 Å². The number of piperazine rings is 1. The van der Waals surface area contributed by atoms with E-state index >= 15 is 0 Å². The second-order valence-electron chi connectivity index (χ2n) is 11.2. The summed E-state index contributed by atoms with van der Waals surface area (Å²) in [6.45, 7) is 10.9. The lowest BCUT2D eigenvalue weighted by molar-refractivity contribution is 0.102. The predicted molar refractivity (Wildman–Crippen MR) is 177 cm³/mol. The van der Waals surface area contributed by atoms with Crippen LogP contribution in [0.25, 0.3) is 0 Å². The average molecular weight is 629 g/mol. The lowest BCUT2D eigenvalue weighted by Gasteiger charge is -2.26. The molecule has 0 saturated carbocycles. The maximum absolute atomic E-state index is 15.0. The number of rotatable bonds is 13. The summed E-state index contributed by atoms with van der Waals surface area (Å²) < 4.78 is 32.5. The van der Waals surface area contributed by atoms with E-state index in [0.29, 0.717) is 29.5 Å². The van der Waals surface area contributed by atoms with Gasteiger partial charge >= 0.3 is 0 Å². The lowest BCUT2D eigenvalue weighted by atomic mass is 10.1. The molecule has 1 saturated heterocycles. The highest BCUT2D eigenvalue weighted by Crippen LogP contribution is 2.34. The maximum Gasteiger partial charge on any atom is 0.262 e. The number of aromatic nitrogens is 2. The first-order chi connectivity index (χ1) is 22.3. The number of nitrogens with zero attached hydrogens (tertiary/aromatic N) is 3. The number of amides is 1. The van der Waals surface area contributed by atoms with Crippen molar-refractivity contribution in [2.75, 3.05) is 57.1 Å². The first-order valence-electron chi connectivity index (χ1n) is 15.6. The van der Waals surface area contributed by atoms with Gasteiger partial charge in [-0.05, 0) is 61.2 Å². The first kappa shape index (κ1) is 32.6. The fourth-order valence-corrected chi connectivity index (χ4v) is 5.24. The molecule has 0 aliphatic carbocycles. The van der Waals surface area contributed by atoms with Crippen molar-refractivity contribution in [1.82, 2.24) is 20.2 Å². The van der Waals surface area contributed by atoms with Gasteiger partial charge in [-0.15, -0.1) is 0 Å². The summed E-state index contributed by atoms with van der Waals surface area (Å²) >= 11 is 0. The van der Waals surface area contributed by atoms with Crippen molar-refractivity contribution in [3.05, 3.63) is 88.9 Å². The molecule has 1 aliphatic rings.